The fourth-order valence-electron chi connectivity index (χ4n) is 2.34. The highest BCUT2D eigenvalue weighted by molar-refractivity contribution is 5.53. The average molecular weight is 235 g/mol. The van der Waals surface area contributed by atoms with Gasteiger partial charge in [0.1, 0.15) is 18.0 Å². The summed E-state index contributed by atoms with van der Waals surface area (Å²) in [5.41, 5.74) is 10.1. The maximum atomic E-state index is 5.79. The van der Waals surface area contributed by atoms with E-state index in [0.29, 0.717) is 17.9 Å². The van der Waals surface area contributed by atoms with Crippen molar-refractivity contribution in [3.05, 3.63) is 11.9 Å². The van der Waals surface area contributed by atoms with Crippen molar-refractivity contribution in [2.75, 3.05) is 11.2 Å². The molecule has 0 aliphatic carbocycles. The number of anilines is 2. The molecule has 17 heavy (non-hydrogen) atoms. The Balaban J connectivity index is 2.16. The molecule has 0 bridgehead atoms. The van der Waals surface area contributed by atoms with Crippen LogP contribution in [-0.2, 0) is 0 Å². The molecule has 0 spiro atoms. The van der Waals surface area contributed by atoms with Crippen molar-refractivity contribution in [2.45, 2.75) is 52.1 Å². The summed E-state index contributed by atoms with van der Waals surface area (Å²) in [5, 5.41) is 2.28. The van der Waals surface area contributed by atoms with Crippen molar-refractivity contribution in [1.82, 2.24) is 15.0 Å². The molecule has 1 saturated heterocycles. The number of nitrogens with zero attached hydrogens (tertiary/aromatic N) is 3. The summed E-state index contributed by atoms with van der Waals surface area (Å²) in [7, 11) is 0. The second kappa shape index (κ2) is 4.87. The Morgan fingerprint density at radius 2 is 1.94 bits per heavy atom. The van der Waals surface area contributed by atoms with Crippen molar-refractivity contribution < 1.29 is 0 Å². The first-order valence-corrected chi connectivity index (χ1v) is 6.21. The van der Waals surface area contributed by atoms with Gasteiger partial charge in [0.05, 0.1) is 0 Å². The Hall–Kier alpha value is -1.36. The zero-order valence-electron chi connectivity index (χ0n) is 10.8. The van der Waals surface area contributed by atoms with Crippen LogP contribution in [0.1, 0.15) is 38.7 Å². The largest absolute Gasteiger partial charge is 0.383 e. The second-order valence-electron chi connectivity index (χ2n) is 4.88. The molecule has 2 unspecified atom stereocenters. The van der Waals surface area contributed by atoms with Gasteiger partial charge >= 0.3 is 0 Å². The Labute approximate surface area is 102 Å². The number of hydrogen-bond acceptors (Lipinski definition) is 5. The van der Waals surface area contributed by atoms with Gasteiger partial charge in [-0.15, -0.1) is 0 Å². The average Bonchev–Trinajstić information content (AvgIpc) is 2.29. The van der Waals surface area contributed by atoms with Gasteiger partial charge in [-0.05, 0) is 33.6 Å². The van der Waals surface area contributed by atoms with Crippen LogP contribution in [0.25, 0.3) is 0 Å². The molecule has 1 aromatic heterocycles. The number of hydrogen-bond donors (Lipinski definition) is 2. The summed E-state index contributed by atoms with van der Waals surface area (Å²) in [6.45, 7) is 6.42. The molecule has 1 aromatic rings. The molecule has 0 radical (unpaired) electrons. The van der Waals surface area contributed by atoms with Crippen molar-refractivity contribution in [3.63, 3.8) is 0 Å². The van der Waals surface area contributed by atoms with Gasteiger partial charge in [-0.1, -0.05) is 6.42 Å². The molecule has 1 aliphatic rings. The summed E-state index contributed by atoms with van der Waals surface area (Å²) in [5.74, 6) is 1.36. The molecule has 5 nitrogen and oxygen atoms in total. The van der Waals surface area contributed by atoms with Gasteiger partial charge in [0, 0.05) is 17.6 Å². The summed E-state index contributed by atoms with van der Waals surface area (Å²) >= 11 is 0. The van der Waals surface area contributed by atoms with Gasteiger partial charge in [-0.2, -0.15) is 0 Å². The third-order valence-electron chi connectivity index (χ3n) is 3.55. The normalized spacial score (nSPS) is 25.8. The fourth-order valence-corrected chi connectivity index (χ4v) is 2.34. The molecular formula is C12H21N5. The molecule has 1 aliphatic heterocycles. The minimum Gasteiger partial charge on any atom is -0.383 e. The van der Waals surface area contributed by atoms with E-state index in [1.165, 1.54) is 25.6 Å². The molecule has 0 amide bonds. The van der Waals surface area contributed by atoms with Crippen LogP contribution in [0.2, 0.25) is 0 Å². The number of hydrazine groups is 1. The minimum atomic E-state index is 0.523. The van der Waals surface area contributed by atoms with Gasteiger partial charge in [-0.25, -0.2) is 15.0 Å². The molecule has 2 heterocycles. The first-order valence-electron chi connectivity index (χ1n) is 6.21. The molecule has 5 heteroatoms. The van der Waals surface area contributed by atoms with Crippen molar-refractivity contribution in [2.24, 2.45) is 0 Å². The third-order valence-corrected chi connectivity index (χ3v) is 3.55. The Kier molecular flexibility index (Phi) is 3.47. The first-order chi connectivity index (χ1) is 8.09. The van der Waals surface area contributed by atoms with E-state index >= 15 is 0 Å². The number of piperidine rings is 1. The predicted molar refractivity (Wildman–Crippen MR) is 69.4 cm³/mol. The van der Waals surface area contributed by atoms with Crippen molar-refractivity contribution in [1.29, 1.82) is 0 Å². The fraction of sp³-hybridized carbons (Fsp3) is 0.667. The van der Waals surface area contributed by atoms with Crippen LogP contribution in [0.3, 0.4) is 0 Å². The van der Waals surface area contributed by atoms with Gasteiger partial charge in [0.2, 0.25) is 0 Å². The lowest BCUT2D eigenvalue weighted by molar-refractivity contribution is 0.135. The molecule has 0 saturated carbocycles. The van der Waals surface area contributed by atoms with Gasteiger partial charge in [0.15, 0.2) is 0 Å². The first kappa shape index (κ1) is 12.1. The van der Waals surface area contributed by atoms with Crippen molar-refractivity contribution in [3.8, 4) is 0 Å². The zero-order valence-corrected chi connectivity index (χ0v) is 10.8. The number of aromatic nitrogens is 2. The third kappa shape index (κ3) is 2.49. The van der Waals surface area contributed by atoms with Crippen LogP contribution >= 0.6 is 0 Å². The van der Waals surface area contributed by atoms with E-state index in [0.717, 1.165) is 11.4 Å². The molecule has 3 N–H and O–H groups in total. The molecule has 2 atom stereocenters. The standard InChI is InChI=1S/C12H21N5/c1-8-5-4-6-9(2)17(8)16-12-10(3)11(13)14-7-15-12/h7-9H,4-6H2,1-3H3,(H3,13,14,15,16). The van der Waals surface area contributed by atoms with Crippen LogP contribution in [0.4, 0.5) is 11.6 Å². The van der Waals surface area contributed by atoms with E-state index in [9.17, 15) is 0 Å². The number of rotatable bonds is 2. The van der Waals surface area contributed by atoms with E-state index in [1.807, 2.05) is 6.92 Å². The minimum absolute atomic E-state index is 0.523. The van der Waals surface area contributed by atoms with Crippen LogP contribution in [0.15, 0.2) is 6.33 Å². The molecule has 94 valence electrons. The zero-order chi connectivity index (χ0) is 12.4. The van der Waals surface area contributed by atoms with Gasteiger partial charge in [0.25, 0.3) is 0 Å². The quantitative estimate of drug-likeness (QED) is 0.820. The predicted octanol–water partition coefficient (Wildman–Crippen LogP) is 1.96. The SMILES string of the molecule is Cc1c(N)ncnc1NN1C(C)CCCC1C. The van der Waals surface area contributed by atoms with Crippen molar-refractivity contribution >= 4 is 11.6 Å². The monoisotopic (exact) mass is 235 g/mol. The van der Waals surface area contributed by atoms with Crippen LogP contribution in [0.5, 0.6) is 0 Å². The smallest absolute Gasteiger partial charge is 0.148 e. The molecule has 2 rings (SSSR count). The lowest BCUT2D eigenvalue weighted by Gasteiger charge is -2.39. The summed E-state index contributed by atoms with van der Waals surface area (Å²) in [4.78, 5) is 8.24. The van der Waals surface area contributed by atoms with Crippen LogP contribution in [-0.4, -0.2) is 27.1 Å². The lowest BCUT2D eigenvalue weighted by atomic mass is 10.00. The van der Waals surface area contributed by atoms with E-state index in [1.54, 1.807) is 0 Å². The van der Waals surface area contributed by atoms with Crippen LogP contribution < -0.4 is 11.2 Å². The van der Waals surface area contributed by atoms with E-state index in [-0.39, 0.29) is 0 Å². The van der Waals surface area contributed by atoms with Gasteiger partial charge in [-0.3, -0.25) is 0 Å². The summed E-state index contributed by atoms with van der Waals surface area (Å²) < 4.78 is 0. The number of nitrogens with one attached hydrogen (secondary N) is 1. The van der Waals surface area contributed by atoms with E-state index < -0.39 is 0 Å². The summed E-state index contributed by atoms with van der Waals surface area (Å²) in [6, 6.07) is 1.05. The lowest BCUT2D eigenvalue weighted by Crippen LogP contribution is -2.47. The Bertz CT molecular complexity index is 382. The molecule has 1 fully saturated rings. The number of nitrogens with two attached hydrogens (primary N) is 1. The van der Waals surface area contributed by atoms with E-state index in [2.05, 4.69) is 34.3 Å². The maximum absolute atomic E-state index is 5.79. The van der Waals surface area contributed by atoms with Gasteiger partial charge < -0.3 is 11.2 Å². The maximum Gasteiger partial charge on any atom is 0.148 e. The topological polar surface area (TPSA) is 67.1 Å². The number of nitrogen functional groups attached to an aromatic ring is 1. The highest BCUT2D eigenvalue weighted by Crippen LogP contribution is 2.24. The highest BCUT2D eigenvalue weighted by atomic mass is 15.5. The Morgan fingerprint density at radius 1 is 1.29 bits per heavy atom. The molecular weight excluding hydrogens is 214 g/mol. The highest BCUT2D eigenvalue weighted by Gasteiger charge is 2.25. The van der Waals surface area contributed by atoms with Crippen LogP contribution in [0, 0.1) is 6.92 Å². The second-order valence-corrected chi connectivity index (χ2v) is 4.88. The Morgan fingerprint density at radius 3 is 2.59 bits per heavy atom. The summed E-state index contributed by atoms with van der Waals surface area (Å²) in [6.07, 6.45) is 5.24. The molecule has 0 aromatic carbocycles. The van der Waals surface area contributed by atoms with E-state index in [4.69, 9.17) is 5.73 Å².